The number of nitrogens with zero attached hydrogens (tertiary/aromatic N) is 1. The Labute approximate surface area is 149 Å². The fourth-order valence-corrected chi connectivity index (χ4v) is 5.11. The summed E-state index contributed by atoms with van der Waals surface area (Å²) in [5, 5.41) is 6.47. The SMILES string of the molecule is CC1(N)CCCCC1C(=O)NCCc1nc(C2CCCCC2)cs1. The molecule has 24 heavy (non-hydrogen) atoms. The van der Waals surface area contributed by atoms with Crippen molar-refractivity contribution in [2.75, 3.05) is 6.54 Å². The Kier molecular flexibility index (Phi) is 5.93. The first-order chi connectivity index (χ1) is 11.6. The van der Waals surface area contributed by atoms with Crippen LogP contribution in [0.5, 0.6) is 0 Å². The van der Waals surface area contributed by atoms with E-state index in [-0.39, 0.29) is 17.4 Å². The maximum atomic E-state index is 12.4. The van der Waals surface area contributed by atoms with Crippen LogP contribution in [-0.4, -0.2) is 23.0 Å². The largest absolute Gasteiger partial charge is 0.355 e. The minimum atomic E-state index is -0.350. The van der Waals surface area contributed by atoms with Gasteiger partial charge in [0.25, 0.3) is 0 Å². The van der Waals surface area contributed by atoms with Gasteiger partial charge >= 0.3 is 0 Å². The van der Waals surface area contributed by atoms with E-state index in [0.29, 0.717) is 12.5 Å². The van der Waals surface area contributed by atoms with Crippen molar-refractivity contribution in [2.24, 2.45) is 11.7 Å². The average molecular weight is 350 g/mol. The molecule has 134 valence electrons. The number of hydrogen-bond donors (Lipinski definition) is 2. The molecule has 2 saturated carbocycles. The van der Waals surface area contributed by atoms with E-state index < -0.39 is 0 Å². The zero-order chi connectivity index (χ0) is 17.0. The number of carbonyl (C=O) groups excluding carboxylic acids is 1. The van der Waals surface area contributed by atoms with Crippen LogP contribution in [0.3, 0.4) is 0 Å². The Morgan fingerprint density at radius 3 is 2.79 bits per heavy atom. The van der Waals surface area contributed by atoms with Crippen molar-refractivity contribution in [1.29, 1.82) is 0 Å². The van der Waals surface area contributed by atoms with Gasteiger partial charge in [-0.2, -0.15) is 0 Å². The predicted molar refractivity (Wildman–Crippen MR) is 99.2 cm³/mol. The van der Waals surface area contributed by atoms with Crippen molar-refractivity contribution >= 4 is 17.2 Å². The number of aromatic nitrogens is 1. The van der Waals surface area contributed by atoms with E-state index in [9.17, 15) is 4.79 Å². The van der Waals surface area contributed by atoms with Gasteiger partial charge in [-0.15, -0.1) is 11.3 Å². The Hall–Kier alpha value is -0.940. The third kappa shape index (κ3) is 4.37. The standard InChI is InChI=1S/C19H31N3OS/c1-19(20)11-6-5-9-15(19)18(23)21-12-10-17-22-16(13-24-17)14-7-3-2-4-8-14/h13-15H,2-12,20H2,1H3,(H,21,23). The minimum Gasteiger partial charge on any atom is -0.355 e. The molecule has 0 aliphatic heterocycles. The fourth-order valence-electron chi connectivity index (χ4n) is 4.23. The molecule has 2 unspecified atom stereocenters. The Bertz CT molecular complexity index is 549. The second-order valence-electron chi connectivity index (χ2n) is 7.85. The number of thiazole rings is 1. The normalized spacial score (nSPS) is 28.7. The molecule has 2 atom stereocenters. The lowest BCUT2D eigenvalue weighted by atomic mass is 9.74. The highest BCUT2D eigenvalue weighted by Gasteiger charge is 2.37. The van der Waals surface area contributed by atoms with Crippen LogP contribution in [0.1, 0.15) is 81.3 Å². The van der Waals surface area contributed by atoms with Gasteiger partial charge in [-0.3, -0.25) is 4.79 Å². The lowest BCUT2D eigenvalue weighted by molar-refractivity contribution is -0.128. The summed E-state index contributed by atoms with van der Waals surface area (Å²) in [5.74, 6) is 0.752. The maximum absolute atomic E-state index is 12.4. The molecule has 0 bridgehead atoms. The quantitative estimate of drug-likeness (QED) is 0.850. The van der Waals surface area contributed by atoms with Crippen molar-refractivity contribution in [2.45, 2.75) is 82.6 Å². The van der Waals surface area contributed by atoms with Crippen LogP contribution >= 0.6 is 11.3 Å². The van der Waals surface area contributed by atoms with E-state index >= 15 is 0 Å². The third-order valence-corrected chi connectivity index (χ3v) is 6.73. The topological polar surface area (TPSA) is 68.0 Å². The summed E-state index contributed by atoms with van der Waals surface area (Å²) >= 11 is 1.74. The maximum Gasteiger partial charge on any atom is 0.224 e. The average Bonchev–Trinajstić information content (AvgIpc) is 3.04. The number of nitrogens with one attached hydrogen (secondary N) is 1. The molecular weight excluding hydrogens is 318 g/mol. The first kappa shape index (κ1) is 17.9. The Morgan fingerprint density at radius 2 is 2.04 bits per heavy atom. The highest BCUT2D eigenvalue weighted by Crippen LogP contribution is 2.33. The molecule has 0 spiro atoms. The summed E-state index contributed by atoms with van der Waals surface area (Å²) < 4.78 is 0. The number of carbonyl (C=O) groups is 1. The van der Waals surface area contributed by atoms with E-state index in [2.05, 4.69) is 10.7 Å². The highest BCUT2D eigenvalue weighted by atomic mass is 32.1. The van der Waals surface area contributed by atoms with Crippen LogP contribution in [0.4, 0.5) is 0 Å². The van der Waals surface area contributed by atoms with Crippen molar-refractivity contribution in [3.63, 3.8) is 0 Å². The lowest BCUT2D eigenvalue weighted by Crippen LogP contribution is -2.53. The van der Waals surface area contributed by atoms with Gasteiger partial charge in [0.2, 0.25) is 5.91 Å². The summed E-state index contributed by atoms with van der Waals surface area (Å²) in [5.41, 5.74) is 7.25. The summed E-state index contributed by atoms with van der Waals surface area (Å²) in [4.78, 5) is 17.3. The molecule has 0 aromatic carbocycles. The third-order valence-electron chi connectivity index (χ3n) is 5.80. The highest BCUT2D eigenvalue weighted by molar-refractivity contribution is 7.09. The van der Waals surface area contributed by atoms with E-state index in [0.717, 1.165) is 37.1 Å². The summed E-state index contributed by atoms with van der Waals surface area (Å²) in [6, 6.07) is 0. The van der Waals surface area contributed by atoms with E-state index in [1.807, 2.05) is 6.92 Å². The minimum absolute atomic E-state index is 0.0413. The van der Waals surface area contributed by atoms with Crippen molar-refractivity contribution in [1.82, 2.24) is 10.3 Å². The van der Waals surface area contributed by atoms with Crippen LogP contribution in [0.2, 0.25) is 0 Å². The molecule has 0 radical (unpaired) electrons. The van der Waals surface area contributed by atoms with E-state index in [1.165, 1.54) is 37.8 Å². The second-order valence-corrected chi connectivity index (χ2v) is 8.79. The van der Waals surface area contributed by atoms with Gasteiger partial charge in [0.15, 0.2) is 0 Å². The van der Waals surface area contributed by atoms with Crippen LogP contribution < -0.4 is 11.1 Å². The first-order valence-electron chi connectivity index (χ1n) is 9.57. The number of nitrogens with two attached hydrogens (primary N) is 1. The molecule has 1 heterocycles. The molecule has 2 fully saturated rings. The smallest absolute Gasteiger partial charge is 0.224 e. The van der Waals surface area contributed by atoms with E-state index in [4.69, 9.17) is 10.7 Å². The van der Waals surface area contributed by atoms with Gasteiger partial charge in [0.05, 0.1) is 16.6 Å². The lowest BCUT2D eigenvalue weighted by Gasteiger charge is -2.37. The Morgan fingerprint density at radius 1 is 1.29 bits per heavy atom. The van der Waals surface area contributed by atoms with Crippen molar-refractivity contribution in [3.05, 3.63) is 16.1 Å². The zero-order valence-electron chi connectivity index (χ0n) is 14.9. The summed E-state index contributed by atoms with van der Waals surface area (Å²) in [7, 11) is 0. The van der Waals surface area contributed by atoms with Crippen LogP contribution in [0.15, 0.2) is 5.38 Å². The molecular formula is C19H31N3OS. The fraction of sp³-hybridized carbons (Fsp3) is 0.789. The summed E-state index contributed by atoms with van der Waals surface area (Å²) in [6.07, 6.45) is 11.6. The van der Waals surface area contributed by atoms with Gasteiger partial charge in [-0.25, -0.2) is 4.98 Å². The molecule has 1 aromatic heterocycles. The summed E-state index contributed by atoms with van der Waals surface area (Å²) in [6.45, 7) is 2.69. The van der Waals surface area contributed by atoms with Crippen LogP contribution in [0, 0.1) is 5.92 Å². The van der Waals surface area contributed by atoms with Gasteiger partial charge in [0.1, 0.15) is 0 Å². The molecule has 2 aliphatic carbocycles. The Balaban J connectivity index is 1.46. The van der Waals surface area contributed by atoms with Gasteiger partial charge in [-0.1, -0.05) is 32.1 Å². The molecule has 1 aromatic rings. The monoisotopic (exact) mass is 349 g/mol. The van der Waals surface area contributed by atoms with Crippen molar-refractivity contribution < 1.29 is 4.79 Å². The molecule has 3 N–H and O–H groups in total. The predicted octanol–water partition coefficient (Wildman–Crippen LogP) is 3.76. The molecule has 5 heteroatoms. The number of rotatable bonds is 5. The van der Waals surface area contributed by atoms with Gasteiger partial charge in [-0.05, 0) is 32.6 Å². The van der Waals surface area contributed by atoms with Gasteiger partial charge < -0.3 is 11.1 Å². The van der Waals surface area contributed by atoms with Crippen molar-refractivity contribution in [3.8, 4) is 0 Å². The molecule has 2 aliphatic rings. The van der Waals surface area contributed by atoms with Crippen LogP contribution in [-0.2, 0) is 11.2 Å². The number of hydrogen-bond acceptors (Lipinski definition) is 4. The molecule has 4 nitrogen and oxygen atoms in total. The van der Waals surface area contributed by atoms with Crippen LogP contribution in [0.25, 0.3) is 0 Å². The van der Waals surface area contributed by atoms with E-state index in [1.54, 1.807) is 11.3 Å². The molecule has 0 saturated heterocycles. The van der Waals surface area contributed by atoms with Gasteiger partial charge in [0, 0.05) is 29.8 Å². The number of amides is 1. The zero-order valence-corrected chi connectivity index (χ0v) is 15.7. The first-order valence-corrected chi connectivity index (χ1v) is 10.4. The molecule has 3 rings (SSSR count). The second kappa shape index (κ2) is 7.96. The molecule has 1 amide bonds.